The molecule has 0 spiro atoms. The lowest BCUT2D eigenvalue weighted by Gasteiger charge is -2.09. The van der Waals surface area contributed by atoms with Gasteiger partial charge in [-0.15, -0.1) is 20.4 Å². The smallest absolute Gasteiger partial charge is 0.236 e. The number of rotatable bonds is 6. The summed E-state index contributed by atoms with van der Waals surface area (Å²) in [5.74, 6) is -0.0395. The molecule has 2 aromatic carbocycles. The van der Waals surface area contributed by atoms with Crippen molar-refractivity contribution in [3.05, 3.63) is 65.7 Å². The Kier molecular flexibility index (Phi) is 5.87. The van der Waals surface area contributed by atoms with Gasteiger partial charge in [-0.2, -0.15) is 0 Å². The fourth-order valence-electron chi connectivity index (χ4n) is 2.59. The molecule has 0 saturated heterocycles. The number of benzene rings is 2. The van der Waals surface area contributed by atoms with Crippen LogP contribution in [0, 0.1) is 6.92 Å². The summed E-state index contributed by atoms with van der Waals surface area (Å²) in [6.45, 7) is 1.83. The Morgan fingerprint density at radius 3 is 2.17 bits per heavy atom. The van der Waals surface area contributed by atoms with Crippen LogP contribution < -0.4 is 5.32 Å². The van der Waals surface area contributed by atoms with Crippen LogP contribution in [0.5, 0.6) is 0 Å². The third kappa shape index (κ3) is 4.82. The molecule has 0 bridgehead atoms. The summed E-state index contributed by atoms with van der Waals surface area (Å²) in [6.07, 6.45) is 0. The van der Waals surface area contributed by atoms with Crippen molar-refractivity contribution >= 4 is 34.1 Å². The number of carbonyl (C=O) groups excluding carboxylic acids is 1. The Hall–Kier alpha value is -3.17. The Morgan fingerprint density at radius 2 is 1.55 bits per heavy atom. The fraction of sp³-hybridized carbons (Fsp3) is 0.100. The lowest BCUT2D eigenvalue weighted by atomic mass is 10.0. The molecule has 7 nitrogen and oxygen atoms in total. The van der Waals surface area contributed by atoms with E-state index in [9.17, 15) is 4.79 Å². The van der Waals surface area contributed by atoms with E-state index < -0.39 is 0 Å². The van der Waals surface area contributed by atoms with Gasteiger partial charge in [-0.25, -0.2) is 4.98 Å². The van der Waals surface area contributed by atoms with E-state index >= 15 is 0 Å². The third-order valence-corrected chi connectivity index (χ3v) is 5.46. The van der Waals surface area contributed by atoms with Crippen molar-refractivity contribution in [1.82, 2.24) is 25.4 Å². The number of hydrogen-bond donors (Lipinski definition) is 1. The van der Waals surface area contributed by atoms with Crippen molar-refractivity contribution in [2.75, 3.05) is 11.1 Å². The molecule has 0 aliphatic carbocycles. The van der Waals surface area contributed by atoms with Crippen molar-refractivity contribution in [2.45, 2.75) is 12.1 Å². The van der Waals surface area contributed by atoms with Gasteiger partial charge in [-0.05, 0) is 6.92 Å². The van der Waals surface area contributed by atoms with Crippen LogP contribution in [0.15, 0.2) is 65.8 Å². The van der Waals surface area contributed by atoms with Crippen LogP contribution in [0.4, 0.5) is 5.13 Å². The van der Waals surface area contributed by atoms with Crippen LogP contribution in [0.3, 0.4) is 0 Å². The van der Waals surface area contributed by atoms with Crippen molar-refractivity contribution < 1.29 is 4.79 Å². The minimum absolute atomic E-state index is 0.152. The predicted molar refractivity (Wildman–Crippen MR) is 115 cm³/mol. The van der Waals surface area contributed by atoms with E-state index in [4.69, 9.17) is 0 Å². The van der Waals surface area contributed by atoms with Gasteiger partial charge in [0, 0.05) is 11.1 Å². The maximum absolute atomic E-state index is 12.2. The largest absolute Gasteiger partial charge is 0.300 e. The van der Waals surface area contributed by atoms with Crippen LogP contribution in [0.25, 0.3) is 22.5 Å². The molecule has 0 saturated carbocycles. The Bertz CT molecular complexity index is 1120. The summed E-state index contributed by atoms with van der Waals surface area (Å²) in [5.41, 5.74) is 3.31. The molecular weight excluding hydrogens is 404 g/mol. The van der Waals surface area contributed by atoms with Crippen molar-refractivity contribution in [1.29, 1.82) is 0 Å². The first kappa shape index (κ1) is 19.2. The van der Waals surface area contributed by atoms with Gasteiger partial charge in [0.1, 0.15) is 16.4 Å². The van der Waals surface area contributed by atoms with Crippen molar-refractivity contribution in [3.63, 3.8) is 0 Å². The highest BCUT2D eigenvalue weighted by Crippen LogP contribution is 2.29. The topological polar surface area (TPSA) is 93.6 Å². The summed E-state index contributed by atoms with van der Waals surface area (Å²) in [7, 11) is 0. The first-order valence-electron chi connectivity index (χ1n) is 8.77. The average Bonchev–Trinajstić information content (AvgIpc) is 3.18. The standard InChI is InChI=1S/C20H16N6OS2/c1-13-23-26-20(29-13)21-16(27)12-28-19-22-17(14-8-4-2-5-9-14)18(24-25-19)15-10-6-3-7-11-15/h2-11H,12H2,1H3,(H,21,26,27). The summed E-state index contributed by atoms with van der Waals surface area (Å²) in [6, 6.07) is 19.6. The molecule has 0 unspecified atom stereocenters. The third-order valence-electron chi connectivity index (χ3n) is 3.87. The second kappa shape index (κ2) is 8.89. The van der Waals surface area contributed by atoms with Gasteiger partial charge >= 0.3 is 0 Å². The van der Waals surface area contributed by atoms with Crippen molar-refractivity contribution in [3.8, 4) is 22.5 Å². The van der Waals surface area contributed by atoms with Crippen molar-refractivity contribution in [2.24, 2.45) is 0 Å². The molecule has 0 aliphatic rings. The van der Waals surface area contributed by atoms with E-state index in [2.05, 4.69) is 30.7 Å². The van der Waals surface area contributed by atoms with Crippen LogP contribution >= 0.6 is 23.1 Å². The number of amides is 1. The van der Waals surface area contributed by atoms with Crippen LogP contribution in [0.2, 0.25) is 0 Å². The average molecular weight is 421 g/mol. The fourth-order valence-corrected chi connectivity index (χ4v) is 3.79. The molecule has 0 radical (unpaired) electrons. The monoisotopic (exact) mass is 420 g/mol. The minimum Gasteiger partial charge on any atom is -0.300 e. The van der Waals surface area contributed by atoms with Gasteiger partial charge in [0.05, 0.1) is 5.75 Å². The lowest BCUT2D eigenvalue weighted by molar-refractivity contribution is -0.113. The van der Waals surface area contributed by atoms with E-state index in [0.29, 0.717) is 16.0 Å². The summed E-state index contributed by atoms with van der Waals surface area (Å²) in [5, 5.41) is 20.8. The molecule has 144 valence electrons. The Labute approximate surface area is 175 Å². The van der Waals surface area contributed by atoms with Gasteiger partial charge in [-0.1, -0.05) is 83.8 Å². The number of nitrogens with zero attached hydrogens (tertiary/aromatic N) is 5. The summed E-state index contributed by atoms with van der Waals surface area (Å²) < 4.78 is 0. The first-order valence-corrected chi connectivity index (χ1v) is 10.6. The molecule has 29 heavy (non-hydrogen) atoms. The molecule has 4 aromatic rings. The summed E-state index contributed by atoms with van der Waals surface area (Å²) in [4.78, 5) is 16.9. The molecule has 0 aliphatic heterocycles. The number of thioether (sulfide) groups is 1. The zero-order chi connectivity index (χ0) is 20.1. The number of anilines is 1. The molecule has 2 heterocycles. The maximum Gasteiger partial charge on any atom is 0.236 e. The summed E-state index contributed by atoms with van der Waals surface area (Å²) >= 11 is 2.56. The quantitative estimate of drug-likeness (QED) is 0.469. The van der Waals surface area contributed by atoms with E-state index in [0.717, 1.165) is 21.8 Å². The normalized spacial score (nSPS) is 10.7. The minimum atomic E-state index is -0.192. The molecular formula is C20H16N6OS2. The highest BCUT2D eigenvalue weighted by atomic mass is 32.2. The molecule has 0 atom stereocenters. The first-order chi connectivity index (χ1) is 14.2. The van der Waals surface area contributed by atoms with Crippen LogP contribution in [-0.4, -0.2) is 37.0 Å². The van der Waals surface area contributed by atoms with Gasteiger partial charge in [0.2, 0.25) is 16.2 Å². The number of nitrogens with one attached hydrogen (secondary N) is 1. The Morgan fingerprint density at radius 1 is 0.897 bits per heavy atom. The van der Waals surface area contributed by atoms with Crippen LogP contribution in [-0.2, 0) is 4.79 Å². The maximum atomic E-state index is 12.2. The number of hydrogen-bond acceptors (Lipinski definition) is 8. The lowest BCUT2D eigenvalue weighted by Crippen LogP contribution is -2.14. The molecule has 9 heteroatoms. The van der Waals surface area contributed by atoms with E-state index in [1.165, 1.54) is 23.1 Å². The highest BCUT2D eigenvalue weighted by Gasteiger charge is 2.15. The zero-order valence-electron chi connectivity index (χ0n) is 15.4. The van der Waals surface area contributed by atoms with E-state index in [1.807, 2.05) is 67.6 Å². The van der Waals surface area contributed by atoms with E-state index in [1.54, 1.807) is 0 Å². The zero-order valence-corrected chi connectivity index (χ0v) is 17.1. The van der Waals surface area contributed by atoms with E-state index in [-0.39, 0.29) is 11.7 Å². The molecule has 0 fully saturated rings. The molecule has 4 rings (SSSR count). The van der Waals surface area contributed by atoms with Gasteiger partial charge in [0.25, 0.3) is 0 Å². The predicted octanol–water partition coefficient (Wildman–Crippen LogP) is 4.10. The number of aryl methyl sites for hydroxylation is 1. The SMILES string of the molecule is Cc1nnc(NC(=O)CSc2nnc(-c3ccccc3)c(-c3ccccc3)n2)s1. The molecule has 1 N–H and O–H groups in total. The van der Waals surface area contributed by atoms with Gasteiger partial charge in [-0.3, -0.25) is 10.1 Å². The second-order valence-corrected chi connectivity index (χ2v) is 8.11. The van der Waals surface area contributed by atoms with Gasteiger partial charge < -0.3 is 0 Å². The second-order valence-electron chi connectivity index (χ2n) is 5.99. The van der Waals surface area contributed by atoms with Crippen LogP contribution in [0.1, 0.15) is 5.01 Å². The number of aromatic nitrogens is 5. The molecule has 2 aromatic heterocycles. The highest BCUT2D eigenvalue weighted by molar-refractivity contribution is 7.99. The number of carbonyl (C=O) groups is 1. The molecule has 1 amide bonds. The van der Waals surface area contributed by atoms with Gasteiger partial charge in [0.15, 0.2) is 0 Å². The Balaban J connectivity index is 1.56.